The van der Waals surface area contributed by atoms with Gasteiger partial charge in [0, 0.05) is 18.2 Å². The van der Waals surface area contributed by atoms with Gasteiger partial charge >= 0.3 is 0 Å². The number of aromatic nitrogens is 3. The van der Waals surface area contributed by atoms with Crippen molar-refractivity contribution in [2.45, 2.75) is 32.5 Å². The Hall–Kier alpha value is -2.57. The van der Waals surface area contributed by atoms with E-state index in [0.29, 0.717) is 13.1 Å². The number of hydrogen-bond donors (Lipinski definition) is 2. The Bertz CT molecular complexity index is 814. The molecule has 136 valence electrons. The quantitative estimate of drug-likeness (QED) is 0.653. The SMILES string of the molecule is CC[C@H](CO)NCc1nn(Cc2ccc(F)cc2)nc1-c1ccccc1. The molecule has 0 fully saturated rings. The predicted octanol–water partition coefficient (Wildman–Crippen LogP) is 2.99. The van der Waals surface area contributed by atoms with Crippen molar-refractivity contribution in [1.82, 2.24) is 20.3 Å². The summed E-state index contributed by atoms with van der Waals surface area (Å²) in [6.07, 6.45) is 0.834. The van der Waals surface area contributed by atoms with E-state index >= 15 is 0 Å². The van der Waals surface area contributed by atoms with Gasteiger partial charge in [-0.25, -0.2) is 4.39 Å². The molecule has 3 rings (SSSR count). The highest BCUT2D eigenvalue weighted by Gasteiger charge is 2.15. The molecule has 1 atom stereocenters. The minimum atomic E-state index is -0.258. The Morgan fingerprint density at radius 1 is 1.08 bits per heavy atom. The summed E-state index contributed by atoms with van der Waals surface area (Å²) < 4.78 is 13.1. The van der Waals surface area contributed by atoms with Crippen LogP contribution in [-0.4, -0.2) is 32.7 Å². The molecule has 0 radical (unpaired) electrons. The minimum Gasteiger partial charge on any atom is -0.395 e. The van der Waals surface area contributed by atoms with Gasteiger partial charge in [-0.3, -0.25) is 0 Å². The van der Waals surface area contributed by atoms with Gasteiger partial charge in [0.15, 0.2) is 0 Å². The first-order chi connectivity index (χ1) is 12.7. The van der Waals surface area contributed by atoms with Crippen molar-refractivity contribution in [3.05, 3.63) is 71.7 Å². The van der Waals surface area contributed by atoms with Gasteiger partial charge in [0.25, 0.3) is 0 Å². The van der Waals surface area contributed by atoms with Crippen LogP contribution in [0.5, 0.6) is 0 Å². The van der Waals surface area contributed by atoms with Crippen LogP contribution in [-0.2, 0) is 13.1 Å². The fraction of sp³-hybridized carbons (Fsp3) is 0.300. The lowest BCUT2D eigenvalue weighted by Crippen LogP contribution is -2.31. The minimum absolute atomic E-state index is 0.0286. The van der Waals surface area contributed by atoms with Gasteiger partial charge in [0.2, 0.25) is 0 Å². The Morgan fingerprint density at radius 2 is 1.81 bits per heavy atom. The predicted molar refractivity (Wildman–Crippen MR) is 99.0 cm³/mol. The molecule has 2 N–H and O–H groups in total. The average Bonchev–Trinajstić information content (AvgIpc) is 3.08. The second-order valence-electron chi connectivity index (χ2n) is 6.19. The average molecular weight is 354 g/mol. The molecule has 26 heavy (non-hydrogen) atoms. The number of aliphatic hydroxyl groups excluding tert-OH is 1. The van der Waals surface area contributed by atoms with Gasteiger partial charge in [-0.2, -0.15) is 15.0 Å². The van der Waals surface area contributed by atoms with E-state index in [4.69, 9.17) is 0 Å². The third-order valence-electron chi connectivity index (χ3n) is 4.28. The van der Waals surface area contributed by atoms with Gasteiger partial charge in [-0.15, -0.1) is 0 Å². The van der Waals surface area contributed by atoms with Crippen LogP contribution in [0, 0.1) is 5.82 Å². The molecule has 5 nitrogen and oxygen atoms in total. The summed E-state index contributed by atoms with van der Waals surface area (Å²) in [4.78, 5) is 1.63. The van der Waals surface area contributed by atoms with Crippen molar-refractivity contribution in [2.75, 3.05) is 6.61 Å². The molecule has 2 aromatic carbocycles. The van der Waals surface area contributed by atoms with Gasteiger partial charge in [0.05, 0.1) is 13.2 Å². The second kappa shape index (κ2) is 8.69. The topological polar surface area (TPSA) is 63.0 Å². The molecular weight excluding hydrogens is 331 g/mol. The van der Waals surface area contributed by atoms with Crippen molar-refractivity contribution in [3.63, 3.8) is 0 Å². The van der Waals surface area contributed by atoms with E-state index in [0.717, 1.165) is 28.9 Å². The van der Waals surface area contributed by atoms with Crippen LogP contribution >= 0.6 is 0 Å². The van der Waals surface area contributed by atoms with E-state index in [1.807, 2.05) is 37.3 Å². The van der Waals surface area contributed by atoms with E-state index in [2.05, 4.69) is 15.5 Å². The zero-order valence-electron chi connectivity index (χ0n) is 14.8. The highest BCUT2D eigenvalue weighted by Crippen LogP contribution is 2.20. The second-order valence-corrected chi connectivity index (χ2v) is 6.19. The fourth-order valence-corrected chi connectivity index (χ4v) is 2.72. The molecule has 1 aromatic heterocycles. The third kappa shape index (κ3) is 4.53. The molecule has 0 aliphatic rings. The van der Waals surface area contributed by atoms with Crippen molar-refractivity contribution in [3.8, 4) is 11.3 Å². The molecule has 0 aliphatic carbocycles. The Morgan fingerprint density at radius 3 is 2.46 bits per heavy atom. The van der Waals surface area contributed by atoms with E-state index in [9.17, 15) is 9.50 Å². The summed E-state index contributed by atoms with van der Waals surface area (Å²) in [5.74, 6) is -0.258. The summed E-state index contributed by atoms with van der Waals surface area (Å²) in [5, 5.41) is 21.9. The van der Waals surface area contributed by atoms with Gasteiger partial charge < -0.3 is 10.4 Å². The highest BCUT2D eigenvalue weighted by atomic mass is 19.1. The normalized spacial score (nSPS) is 12.3. The largest absolute Gasteiger partial charge is 0.395 e. The number of rotatable bonds is 8. The standard InChI is InChI=1S/C20H23FN4O/c1-2-18(14-26)22-12-19-20(16-6-4-3-5-7-16)24-25(23-19)13-15-8-10-17(21)11-9-15/h3-11,18,22,26H,2,12-14H2,1H3/t18-/m1/s1. The third-order valence-corrected chi connectivity index (χ3v) is 4.28. The zero-order valence-corrected chi connectivity index (χ0v) is 14.8. The molecule has 0 saturated carbocycles. The lowest BCUT2D eigenvalue weighted by Gasteiger charge is -2.12. The molecule has 3 aromatic rings. The van der Waals surface area contributed by atoms with Crippen LogP contribution in [0.1, 0.15) is 24.6 Å². The molecular formula is C20H23FN4O. The van der Waals surface area contributed by atoms with Gasteiger partial charge in [-0.05, 0) is 24.1 Å². The van der Waals surface area contributed by atoms with Crippen molar-refractivity contribution < 1.29 is 9.50 Å². The maximum absolute atomic E-state index is 13.1. The lowest BCUT2D eigenvalue weighted by atomic mass is 10.1. The van der Waals surface area contributed by atoms with Crippen LogP contribution < -0.4 is 5.32 Å². The molecule has 0 aliphatic heterocycles. The zero-order chi connectivity index (χ0) is 18.4. The molecule has 0 amide bonds. The molecule has 0 unspecified atom stereocenters. The Kier molecular flexibility index (Phi) is 6.09. The number of benzene rings is 2. The molecule has 0 saturated heterocycles. The Labute approximate surface area is 152 Å². The van der Waals surface area contributed by atoms with Crippen LogP contribution in [0.3, 0.4) is 0 Å². The number of nitrogens with one attached hydrogen (secondary N) is 1. The summed E-state index contributed by atoms with van der Waals surface area (Å²) in [6.45, 7) is 3.10. The van der Waals surface area contributed by atoms with Gasteiger partial charge in [-0.1, -0.05) is 49.4 Å². The smallest absolute Gasteiger partial charge is 0.123 e. The maximum Gasteiger partial charge on any atom is 0.123 e. The molecule has 0 spiro atoms. The molecule has 0 bridgehead atoms. The van der Waals surface area contributed by atoms with Crippen LogP contribution in [0.2, 0.25) is 0 Å². The lowest BCUT2D eigenvalue weighted by molar-refractivity contribution is 0.238. The monoisotopic (exact) mass is 354 g/mol. The highest BCUT2D eigenvalue weighted by molar-refractivity contribution is 5.60. The van der Waals surface area contributed by atoms with Crippen LogP contribution in [0.4, 0.5) is 4.39 Å². The maximum atomic E-state index is 13.1. The van der Waals surface area contributed by atoms with E-state index in [-0.39, 0.29) is 18.5 Å². The summed E-state index contributed by atoms with van der Waals surface area (Å²) in [7, 11) is 0. The van der Waals surface area contributed by atoms with E-state index < -0.39 is 0 Å². The summed E-state index contributed by atoms with van der Waals surface area (Å²) in [5.41, 5.74) is 3.56. The number of halogens is 1. The van der Waals surface area contributed by atoms with Crippen LogP contribution in [0.25, 0.3) is 11.3 Å². The summed E-state index contributed by atoms with van der Waals surface area (Å²) >= 11 is 0. The first-order valence-electron chi connectivity index (χ1n) is 8.77. The fourth-order valence-electron chi connectivity index (χ4n) is 2.72. The van der Waals surface area contributed by atoms with Gasteiger partial charge in [0.1, 0.15) is 17.2 Å². The van der Waals surface area contributed by atoms with E-state index in [1.54, 1.807) is 16.9 Å². The first-order valence-corrected chi connectivity index (χ1v) is 8.77. The van der Waals surface area contributed by atoms with Crippen LogP contribution in [0.15, 0.2) is 54.6 Å². The van der Waals surface area contributed by atoms with Crippen molar-refractivity contribution in [2.24, 2.45) is 0 Å². The van der Waals surface area contributed by atoms with Crippen molar-refractivity contribution in [1.29, 1.82) is 0 Å². The Balaban J connectivity index is 1.85. The van der Waals surface area contributed by atoms with Crippen molar-refractivity contribution >= 4 is 0 Å². The summed E-state index contributed by atoms with van der Waals surface area (Å²) in [6, 6.07) is 16.3. The molecule has 1 heterocycles. The van der Waals surface area contributed by atoms with E-state index in [1.165, 1.54) is 12.1 Å². The first kappa shape index (κ1) is 18.2. The number of aliphatic hydroxyl groups is 1. The number of hydrogen-bond acceptors (Lipinski definition) is 4. The number of nitrogens with zero attached hydrogens (tertiary/aromatic N) is 3. The molecule has 6 heteroatoms.